The lowest BCUT2D eigenvalue weighted by molar-refractivity contribution is -0.141. The summed E-state index contributed by atoms with van der Waals surface area (Å²) in [6.07, 6.45) is 6.73. The van der Waals surface area contributed by atoms with Crippen molar-refractivity contribution >= 4 is 35.0 Å². The molecule has 1 amide bonds. The number of rotatable bonds is 7. The summed E-state index contributed by atoms with van der Waals surface area (Å²) >= 11 is 0. The Kier molecular flexibility index (Phi) is 6.64. The van der Waals surface area contributed by atoms with E-state index < -0.39 is 29.9 Å². The van der Waals surface area contributed by atoms with Gasteiger partial charge < -0.3 is 40.0 Å². The number of fused-ring (bicyclic) bond motifs is 3. The molecule has 6 rings (SSSR count). The second-order valence-electron chi connectivity index (χ2n) is 10.6. The van der Waals surface area contributed by atoms with Crippen LogP contribution in [0.5, 0.6) is 17.2 Å². The predicted octanol–water partition coefficient (Wildman–Crippen LogP) is 0.620. The third-order valence-corrected chi connectivity index (χ3v) is 7.38. The summed E-state index contributed by atoms with van der Waals surface area (Å²) in [6.45, 7) is 5.85. The van der Waals surface area contributed by atoms with Crippen LogP contribution in [-0.2, 0) is 20.7 Å². The number of amides is 1. The first-order chi connectivity index (χ1) is 20.1. The first-order valence-corrected chi connectivity index (χ1v) is 13.5. The molecule has 14 heteroatoms. The lowest BCUT2D eigenvalue weighted by atomic mass is 9.92. The molecule has 0 saturated carbocycles. The molecular formula is C28H31N7O7. The predicted molar refractivity (Wildman–Crippen MR) is 152 cm³/mol. The normalized spacial score (nSPS) is 23.2. The summed E-state index contributed by atoms with van der Waals surface area (Å²) in [5, 5.41) is 13.9. The topological polar surface area (TPSA) is 173 Å². The zero-order valence-corrected chi connectivity index (χ0v) is 23.6. The number of esters is 1. The van der Waals surface area contributed by atoms with Crippen molar-refractivity contribution in [1.82, 2.24) is 15.1 Å². The van der Waals surface area contributed by atoms with Crippen molar-refractivity contribution < 1.29 is 33.6 Å². The monoisotopic (exact) mass is 577 g/mol. The van der Waals surface area contributed by atoms with E-state index in [0.29, 0.717) is 47.2 Å². The molecule has 2 unspecified atom stereocenters. The Hall–Kier alpha value is -4.85. The average molecular weight is 578 g/mol. The molecule has 0 saturated heterocycles. The largest absolute Gasteiger partial charge is 0.496 e. The first-order valence-electron chi connectivity index (χ1n) is 13.5. The number of nitrogens with zero attached hydrogens (tertiary/aromatic N) is 5. The molecule has 0 fully saturated rings. The van der Waals surface area contributed by atoms with Gasteiger partial charge in [-0.25, -0.2) is 4.79 Å². The van der Waals surface area contributed by atoms with Crippen molar-refractivity contribution in [2.45, 2.75) is 45.2 Å². The molecule has 1 aromatic rings. The summed E-state index contributed by atoms with van der Waals surface area (Å²) < 4.78 is 23.2. The van der Waals surface area contributed by atoms with Crippen molar-refractivity contribution in [1.29, 1.82) is 0 Å². The van der Waals surface area contributed by atoms with E-state index in [-0.39, 0.29) is 30.7 Å². The van der Waals surface area contributed by atoms with E-state index >= 15 is 0 Å². The maximum atomic E-state index is 12.7. The van der Waals surface area contributed by atoms with Crippen molar-refractivity contribution in [3.8, 4) is 17.2 Å². The van der Waals surface area contributed by atoms with E-state index in [2.05, 4.69) is 20.3 Å². The number of benzene rings is 1. The molecule has 42 heavy (non-hydrogen) atoms. The van der Waals surface area contributed by atoms with Crippen molar-refractivity contribution in [2.75, 3.05) is 26.9 Å². The van der Waals surface area contributed by atoms with Crippen molar-refractivity contribution in [3.05, 3.63) is 47.5 Å². The quantitative estimate of drug-likeness (QED) is 0.388. The van der Waals surface area contributed by atoms with Crippen LogP contribution < -0.4 is 25.3 Å². The van der Waals surface area contributed by atoms with E-state index in [9.17, 15) is 14.7 Å². The highest BCUT2D eigenvalue weighted by molar-refractivity contribution is 6.69. The van der Waals surface area contributed by atoms with Gasteiger partial charge in [0.2, 0.25) is 11.7 Å². The second kappa shape index (κ2) is 10.2. The van der Waals surface area contributed by atoms with Crippen LogP contribution in [-0.4, -0.2) is 89.2 Å². The second-order valence-corrected chi connectivity index (χ2v) is 10.6. The van der Waals surface area contributed by atoms with Gasteiger partial charge in [-0.2, -0.15) is 9.98 Å². The number of nitrogens with two attached hydrogens (primary N) is 1. The third-order valence-electron chi connectivity index (χ3n) is 7.38. The number of carbonyl (C=O) groups excluding carboxylic acids is 2. The van der Waals surface area contributed by atoms with Crippen LogP contribution in [0.25, 0.3) is 5.57 Å². The highest BCUT2D eigenvalue weighted by Gasteiger charge is 2.41. The van der Waals surface area contributed by atoms with Gasteiger partial charge in [0.1, 0.15) is 30.0 Å². The smallest absolute Gasteiger partial charge is 0.374 e. The van der Waals surface area contributed by atoms with Crippen LogP contribution in [0.3, 0.4) is 0 Å². The summed E-state index contributed by atoms with van der Waals surface area (Å²) in [7, 11) is 1.56. The standard InChI is InChI=1S/C28H31N7O7/c1-5-40-25(37)18-10-14(20-17(41-18)12-16-15(22(20)39-4)11-19(42-16)28(2,3)38)6-8-34-9-7-30-27(34)35-13-31-21-23(35)32-26(29)33-24(21)36/h6-7,9-10,12,19,27,30,38H,5,8,11,13H2,1-4H3,(H2,29,33,36). The van der Waals surface area contributed by atoms with Gasteiger partial charge in [-0.3, -0.25) is 14.7 Å². The Morgan fingerprint density at radius 2 is 2.14 bits per heavy atom. The molecule has 0 aromatic heterocycles. The zero-order chi connectivity index (χ0) is 29.8. The van der Waals surface area contributed by atoms with E-state index in [1.54, 1.807) is 46.2 Å². The van der Waals surface area contributed by atoms with Gasteiger partial charge in [0.05, 0.1) is 24.9 Å². The van der Waals surface area contributed by atoms with Crippen molar-refractivity contribution in [2.24, 2.45) is 20.7 Å². The summed E-state index contributed by atoms with van der Waals surface area (Å²) in [4.78, 5) is 41.0. The Morgan fingerprint density at radius 3 is 2.88 bits per heavy atom. The van der Waals surface area contributed by atoms with Crippen LogP contribution in [0.2, 0.25) is 0 Å². The van der Waals surface area contributed by atoms with Crippen LogP contribution in [0.1, 0.15) is 31.9 Å². The van der Waals surface area contributed by atoms with Crippen LogP contribution in [0.15, 0.2) is 51.4 Å². The van der Waals surface area contributed by atoms with E-state index in [1.807, 2.05) is 22.1 Å². The first kappa shape index (κ1) is 27.3. The minimum Gasteiger partial charge on any atom is -0.496 e. The SMILES string of the molecule is CCOC(=O)C1=CC(=CCN2C=CNC2N2CN=C3C(=O)N=C(N)N=C32)c2c(cc3c(c2OC)CC(C(C)(C)O)O3)O1. The average Bonchev–Trinajstić information content (AvgIpc) is 3.68. The highest BCUT2D eigenvalue weighted by atomic mass is 16.6. The van der Waals surface area contributed by atoms with Crippen LogP contribution in [0, 0.1) is 0 Å². The van der Waals surface area contributed by atoms with Gasteiger partial charge in [0, 0.05) is 37.0 Å². The van der Waals surface area contributed by atoms with Crippen molar-refractivity contribution in [3.63, 3.8) is 0 Å². The zero-order valence-electron chi connectivity index (χ0n) is 23.6. The number of guanidine groups is 1. The number of hydrogen-bond acceptors (Lipinski definition) is 13. The number of aliphatic hydroxyl groups is 1. The van der Waals surface area contributed by atoms with Crippen LogP contribution >= 0.6 is 0 Å². The van der Waals surface area contributed by atoms with Gasteiger partial charge >= 0.3 is 11.9 Å². The number of methoxy groups -OCH3 is 1. The molecule has 5 aliphatic rings. The minimum atomic E-state index is -1.09. The molecule has 0 radical (unpaired) electrons. The molecule has 0 aliphatic carbocycles. The highest BCUT2D eigenvalue weighted by Crippen LogP contribution is 2.50. The Labute approximate surface area is 241 Å². The van der Waals surface area contributed by atoms with Gasteiger partial charge in [0.25, 0.3) is 0 Å². The Balaban J connectivity index is 1.34. The summed E-state index contributed by atoms with van der Waals surface area (Å²) in [5.41, 5.74) is 6.94. The fraction of sp³-hybridized carbons (Fsp3) is 0.393. The number of allylic oxidation sites excluding steroid dienone is 2. The maximum Gasteiger partial charge on any atom is 0.374 e. The molecule has 14 nitrogen and oxygen atoms in total. The van der Waals surface area contributed by atoms with Gasteiger partial charge in [0.15, 0.2) is 17.8 Å². The maximum absolute atomic E-state index is 12.7. The van der Waals surface area contributed by atoms with E-state index in [4.69, 9.17) is 24.7 Å². The number of aliphatic imine (C=N–C) groups is 3. The lowest BCUT2D eigenvalue weighted by Gasteiger charge is -2.33. The van der Waals surface area contributed by atoms with E-state index in [1.165, 1.54) is 0 Å². The van der Waals surface area contributed by atoms with E-state index in [0.717, 1.165) is 5.56 Å². The molecule has 5 heterocycles. The Morgan fingerprint density at radius 1 is 1.33 bits per heavy atom. The fourth-order valence-corrected chi connectivity index (χ4v) is 5.35. The molecule has 0 spiro atoms. The number of hydrogen-bond donors (Lipinski definition) is 3. The molecule has 5 aliphatic heterocycles. The molecule has 220 valence electrons. The number of nitrogens with one attached hydrogen (secondary N) is 1. The third kappa shape index (κ3) is 4.62. The molecule has 0 bridgehead atoms. The fourth-order valence-electron chi connectivity index (χ4n) is 5.35. The van der Waals surface area contributed by atoms with Gasteiger partial charge in [-0.15, -0.1) is 0 Å². The van der Waals surface area contributed by atoms with Gasteiger partial charge in [-0.05, 0) is 32.4 Å². The molecular weight excluding hydrogens is 546 g/mol. The molecule has 1 aromatic carbocycles. The number of carbonyl (C=O) groups is 2. The number of amidine groups is 1. The summed E-state index contributed by atoms with van der Waals surface area (Å²) in [5.74, 6) is 0.544. The number of ether oxygens (including phenoxy) is 4. The van der Waals surface area contributed by atoms with Crippen LogP contribution in [0.4, 0.5) is 0 Å². The molecule has 2 atom stereocenters. The molecule has 4 N–H and O–H groups in total. The lowest BCUT2D eigenvalue weighted by Crippen LogP contribution is -2.53. The van der Waals surface area contributed by atoms with Gasteiger partial charge in [-0.1, -0.05) is 6.08 Å². The summed E-state index contributed by atoms with van der Waals surface area (Å²) in [6, 6.07) is 1.71. The minimum absolute atomic E-state index is 0.0173. The Bertz CT molecular complexity index is 1550.